The van der Waals surface area contributed by atoms with Crippen LogP contribution in [0.25, 0.3) is 11.0 Å². The highest BCUT2D eigenvalue weighted by Gasteiger charge is 2.10. The summed E-state index contributed by atoms with van der Waals surface area (Å²) < 4.78 is 7.95. The first-order valence-corrected chi connectivity index (χ1v) is 14.7. The zero-order valence-corrected chi connectivity index (χ0v) is 22.9. The highest BCUT2D eigenvalue weighted by atomic mass is 16.5. The van der Waals surface area contributed by atoms with Gasteiger partial charge in [-0.05, 0) is 43.5 Å². The number of nitrogens with zero attached hydrogens (tertiary/aromatic N) is 2. The van der Waals surface area contributed by atoms with Crippen LogP contribution in [-0.2, 0) is 17.8 Å². The highest BCUT2D eigenvalue weighted by molar-refractivity contribution is 5.77. The molecule has 0 aliphatic heterocycles. The maximum absolute atomic E-state index is 12.0. The van der Waals surface area contributed by atoms with Crippen molar-refractivity contribution in [1.29, 1.82) is 0 Å². The third-order valence-electron chi connectivity index (χ3n) is 6.98. The van der Waals surface area contributed by atoms with Crippen LogP contribution in [0.1, 0.15) is 96.2 Å². The SMILES string of the molecule is CCCCCCCCCCCCn1c(CCCCCNC(=O)COc2ccccc2)nc2ccccc21. The molecule has 202 valence electrons. The van der Waals surface area contributed by atoms with Gasteiger partial charge in [0.25, 0.3) is 5.91 Å². The van der Waals surface area contributed by atoms with Crippen LogP contribution < -0.4 is 10.1 Å². The Bertz CT molecular complexity index is 1020. The summed E-state index contributed by atoms with van der Waals surface area (Å²) in [5.41, 5.74) is 2.37. The normalized spacial score (nSPS) is 11.2. The Kier molecular flexibility index (Phi) is 13.7. The molecule has 2 aromatic carbocycles. The summed E-state index contributed by atoms with van der Waals surface area (Å²) in [6.07, 6.45) is 17.7. The second kappa shape index (κ2) is 17.6. The van der Waals surface area contributed by atoms with Gasteiger partial charge in [0.1, 0.15) is 11.6 Å². The molecule has 0 saturated carbocycles. The Labute approximate surface area is 224 Å². The largest absolute Gasteiger partial charge is 0.484 e. The van der Waals surface area contributed by atoms with Crippen molar-refractivity contribution in [3.8, 4) is 5.75 Å². The first kappa shape index (κ1) is 28.7. The lowest BCUT2D eigenvalue weighted by Crippen LogP contribution is -2.29. The van der Waals surface area contributed by atoms with Gasteiger partial charge in [0.15, 0.2) is 6.61 Å². The second-order valence-electron chi connectivity index (χ2n) is 10.1. The van der Waals surface area contributed by atoms with E-state index < -0.39 is 0 Å². The van der Waals surface area contributed by atoms with Gasteiger partial charge in [0.2, 0.25) is 0 Å². The lowest BCUT2D eigenvalue weighted by molar-refractivity contribution is -0.123. The summed E-state index contributed by atoms with van der Waals surface area (Å²) >= 11 is 0. The number of hydrogen-bond acceptors (Lipinski definition) is 3. The van der Waals surface area contributed by atoms with Crippen LogP contribution in [0.4, 0.5) is 0 Å². The van der Waals surface area contributed by atoms with E-state index >= 15 is 0 Å². The van der Waals surface area contributed by atoms with E-state index in [1.807, 2.05) is 30.3 Å². The summed E-state index contributed by atoms with van der Waals surface area (Å²) in [4.78, 5) is 17.0. The lowest BCUT2D eigenvalue weighted by Gasteiger charge is -2.10. The smallest absolute Gasteiger partial charge is 0.257 e. The van der Waals surface area contributed by atoms with Crippen molar-refractivity contribution >= 4 is 16.9 Å². The Morgan fingerprint density at radius 3 is 2.19 bits per heavy atom. The Morgan fingerprint density at radius 2 is 1.43 bits per heavy atom. The monoisotopic (exact) mass is 505 g/mol. The first-order valence-electron chi connectivity index (χ1n) is 14.7. The van der Waals surface area contributed by atoms with Crippen LogP contribution in [0.5, 0.6) is 5.75 Å². The van der Waals surface area contributed by atoms with E-state index in [0.29, 0.717) is 6.54 Å². The Morgan fingerprint density at radius 1 is 0.784 bits per heavy atom. The van der Waals surface area contributed by atoms with Crippen LogP contribution >= 0.6 is 0 Å². The number of aryl methyl sites for hydroxylation is 2. The molecule has 5 nitrogen and oxygen atoms in total. The number of rotatable bonds is 20. The quantitative estimate of drug-likeness (QED) is 0.159. The summed E-state index contributed by atoms with van der Waals surface area (Å²) in [6.45, 7) is 4.09. The molecular formula is C32H47N3O2. The standard InChI is InChI=1S/C32H47N3O2/c1-2-3-4-5-6-7-8-9-10-19-26-35-30-23-17-16-22-29(30)34-31(35)24-15-12-18-25-33-32(36)27-37-28-20-13-11-14-21-28/h11,13-14,16-17,20-23H,2-10,12,15,18-19,24-27H2,1H3,(H,33,36). The van der Waals surface area contributed by atoms with Crippen LogP contribution in [0, 0.1) is 0 Å². The zero-order chi connectivity index (χ0) is 26.0. The van der Waals surface area contributed by atoms with E-state index in [2.05, 4.69) is 41.1 Å². The number of carbonyl (C=O) groups excluding carboxylic acids is 1. The Hall–Kier alpha value is -2.82. The number of fused-ring (bicyclic) bond motifs is 1. The molecule has 1 amide bonds. The van der Waals surface area contributed by atoms with Crippen LogP contribution in [0.3, 0.4) is 0 Å². The number of ether oxygens (including phenoxy) is 1. The number of nitrogens with one attached hydrogen (secondary N) is 1. The van der Waals surface area contributed by atoms with Gasteiger partial charge in [-0.15, -0.1) is 0 Å². The van der Waals surface area contributed by atoms with Crippen molar-refractivity contribution in [2.45, 2.75) is 103 Å². The molecule has 0 saturated heterocycles. The van der Waals surface area contributed by atoms with Gasteiger partial charge >= 0.3 is 0 Å². The number of para-hydroxylation sites is 3. The molecule has 0 unspecified atom stereocenters. The maximum Gasteiger partial charge on any atom is 0.257 e. The van der Waals surface area contributed by atoms with Crippen molar-refractivity contribution in [3.05, 3.63) is 60.4 Å². The van der Waals surface area contributed by atoms with Crippen molar-refractivity contribution in [3.63, 3.8) is 0 Å². The van der Waals surface area contributed by atoms with E-state index in [1.54, 1.807) is 0 Å². The number of unbranched alkanes of at least 4 members (excludes halogenated alkanes) is 11. The summed E-state index contributed by atoms with van der Waals surface area (Å²) in [7, 11) is 0. The molecule has 5 heteroatoms. The number of amides is 1. The van der Waals surface area contributed by atoms with Crippen molar-refractivity contribution in [2.24, 2.45) is 0 Å². The van der Waals surface area contributed by atoms with E-state index in [0.717, 1.165) is 43.5 Å². The predicted octanol–water partition coefficient (Wildman–Crippen LogP) is 7.87. The summed E-state index contributed by atoms with van der Waals surface area (Å²) in [6, 6.07) is 18.0. The molecular weight excluding hydrogens is 458 g/mol. The molecule has 0 atom stereocenters. The van der Waals surface area contributed by atoms with E-state index in [1.165, 1.54) is 75.5 Å². The molecule has 1 heterocycles. The number of carbonyl (C=O) groups is 1. The minimum Gasteiger partial charge on any atom is -0.484 e. The van der Waals surface area contributed by atoms with Crippen LogP contribution in [0.15, 0.2) is 54.6 Å². The van der Waals surface area contributed by atoms with Gasteiger partial charge in [0.05, 0.1) is 11.0 Å². The fraction of sp³-hybridized carbons (Fsp3) is 0.562. The van der Waals surface area contributed by atoms with Gasteiger partial charge in [-0.3, -0.25) is 4.79 Å². The number of benzene rings is 2. The minimum absolute atomic E-state index is 0.0625. The molecule has 0 aliphatic carbocycles. The topological polar surface area (TPSA) is 56.2 Å². The Balaban J connectivity index is 1.31. The third kappa shape index (κ3) is 11.0. The van der Waals surface area contributed by atoms with Crippen molar-refractivity contribution in [2.75, 3.05) is 13.2 Å². The van der Waals surface area contributed by atoms with Gasteiger partial charge in [0, 0.05) is 19.5 Å². The van der Waals surface area contributed by atoms with Crippen molar-refractivity contribution in [1.82, 2.24) is 14.9 Å². The van der Waals surface area contributed by atoms with Gasteiger partial charge in [-0.1, -0.05) is 101 Å². The molecule has 0 fully saturated rings. The fourth-order valence-corrected chi connectivity index (χ4v) is 4.85. The second-order valence-corrected chi connectivity index (χ2v) is 10.1. The number of aromatic nitrogens is 2. The zero-order valence-electron chi connectivity index (χ0n) is 22.9. The molecule has 1 N–H and O–H groups in total. The lowest BCUT2D eigenvalue weighted by atomic mass is 10.1. The molecule has 1 aromatic heterocycles. The van der Waals surface area contributed by atoms with Crippen molar-refractivity contribution < 1.29 is 9.53 Å². The summed E-state index contributed by atoms with van der Waals surface area (Å²) in [5.74, 6) is 1.86. The molecule has 0 radical (unpaired) electrons. The van der Waals surface area contributed by atoms with E-state index in [-0.39, 0.29) is 12.5 Å². The average molecular weight is 506 g/mol. The van der Waals surface area contributed by atoms with E-state index in [4.69, 9.17) is 9.72 Å². The fourth-order valence-electron chi connectivity index (χ4n) is 4.85. The van der Waals surface area contributed by atoms with Crippen LogP contribution in [0.2, 0.25) is 0 Å². The third-order valence-corrected chi connectivity index (χ3v) is 6.98. The van der Waals surface area contributed by atoms with E-state index in [9.17, 15) is 4.79 Å². The molecule has 0 bridgehead atoms. The number of hydrogen-bond donors (Lipinski definition) is 1. The average Bonchev–Trinajstić information content (AvgIpc) is 3.28. The van der Waals surface area contributed by atoms with Gasteiger partial charge in [-0.25, -0.2) is 4.98 Å². The molecule has 3 aromatic rings. The number of imidazole rings is 1. The van der Waals surface area contributed by atoms with Gasteiger partial charge in [-0.2, -0.15) is 0 Å². The first-order chi connectivity index (χ1) is 18.3. The maximum atomic E-state index is 12.0. The van der Waals surface area contributed by atoms with Crippen LogP contribution in [-0.4, -0.2) is 28.6 Å². The summed E-state index contributed by atoms with van der Waals surface area (Å²) in [5, 5.41) is 2.96. The molecule has 37 heavy (non-hydrogen) atoms. The highest BCUT2D eigenvalue weighted by Crippen LogP contribution is 2.19. The predicted molar refractivity (Wildman–Crippen MR) is 154 cm³/mol. The minimum atomic E-state index is -0.0675. The molecule has 0 spiro atoms. The molecule has 0 aliphatic rings. The molecule has 3 rings (SSSR count). The van der Waals surface area contributed by atoms with Gasteiger partial charge < -0.3 is 14.6 Å².